The summed E-state index contributed by atoms with van der Waals surface area (Å²) in [5.41, 5.74) is 37.5. The molecular formula is KN15O30S10Zr. The van der Waals surface area contributed by atoms with Crippen LogP contribution in [0.1, 0.15) is 0 Å². The van der Waals surface area contributed by atoms with E-state index in [0.717, 1.165) is 0 Å². The standard InChI is InChI=1S/K.5HN3O6S2.Zr/c;5*1-2-3-10(4,5)9-11(6,7)8;/h;5*(H,6,7,8);/q+1;;;;;;+4/p-5. The van der Waals surface area contributed by atoms with Gasteiger partial charge in [0.25, 0.3) is 0 Å². The largest absolute Gasteiger partial charge is 4.00 e. The van der Waals surface area contributed by atoms with Gasteiger partial charge in [-0.15, -0.1) is 18.1 Å². The van der Waals surface area contributed by atoms with E-state index in [4.69, 9.17) is 27.7 Å². The summed E-state index contributed by atoms with van der Waals surface area (Å²) >= 11 is 0. The van der Waals surface area contributed by atoms with Crippen LogP contribution in [0.3, 0.4) is 0 Å². The van der Waals surface area contributed by atoms with Crippen LogP contribution >= 0.6 is 0 Å². The third-order valence-electron chi connectivity index (χ3n) is 1.53. The van der Waals surface area contributed by atoms with Crippen molar-refractivity contribution in [3.05, 3.63) is 52.2 Å². The molecule has 0 bridgehead atoms. The Balaban J connectivity index is -0.000000109. The predicted molar refractivity (Wildman–Crippen MR) is 144 cm³/mol. The molecule has 0 aliphatic rings. The molecule has 0 N–H and O–H groups in total. The Kier molecular flexibility index (Phi) is 35.0. The summed E-state index contributed by atoms with van der Waals surface area (Å²) < 4.78 is 268. The molecule has 0 fully saturated rings. The molecule has 0 aliphatic carbocycles. The van der Waals surface area contributed by atoms with Gasteiger partial charge in [-0.05, 0) is 27.7 Å². The molecule has 320 valence electrons. The van der Waals surface area contributed by atoms with Gasteiger partial charge in [-0.1, -0.05) is 0 Å². The molecule has 57 heavy (non-hydrogen) atoms. The van der Waals surface area contributed by atoms with E-state index in [9.17, 15) is 107 Å². The van der Waals surface area contributed by atoms with Crippen LogP contribution in [0.5, 0.6) is 0 Å². The van der Waals surface area contributed by atoms with Crippen molar-refractivity contribution in [1.29, 1.82) is 0 Å². The van der Waals surface area contributed by atoms with E-state index < -0.39 is 104 Å². The van der Waals surface area contributed by atoms with Gasteiger partial charge in [-0.25, -0.2) is 42.1 Å². The summed E-state index contributed by atoms with van der Waals surface area (Å²) in [6, 6.07) is 0. The van der Waals surface area contributed by atoms with E-state index in [-0.39, 0.29) is 77.6 Å². The maximum Gasteiger partial charge on any atom is 4.00 e. The van der Waals surface area contributed by atoms with Crippen molar-refractivity contribution < 1.29 is 203 Å². The van der Waals surface area contributed by atoms with Crippen molar-refractivity contribution in [3.8, 4) is 0 Å². The molecule has 57 heteroatoms. The second kappa shape index (κ2) is 28.6. The summed E-state index contributed by atoms with van der Waals surface area (Å²) in [5, 5.41) is 0. The molecule has 0 aromatic carbocycles. The molecule has 0 amide bonds. The Morgan fingerprint density at radius 3 is 0.439 bits per heavy atom. The number of rotatable bonds is 15. The fraction of sp³-hybridized carbons (Fsp3) is 0. The smallest absolute Gasteiger partial charge is 0.725 e. The first kappa shape index (κ1) is 69.8. The minimum atomic E-state index is -5.41. The second-order valence-corrected chi connectivity index (χ2v) is 17.3. The molecule has 0 spiro atoms. The van der Waals surface area contributed by atoms with Crippen LogP contribution in [0.15, 0.2) is 22.6 Å². The molecule has 0 aromatic heterocycles. The fourth-order valence-corrected chi connectivity index (χ4v) is 6.02. The zero-order valence-electron chi connectivity index (χ0n) is 24.5. The molecule has 0 atom stereocenters. The average molecular weight is 1140 g/mol. The fourth-order valence-electron chi connectivity index (χ4n) is 0.818. The van der Waals surface area contributed by atoms with E-state index in [1.165, 1.54) is 0 Å². The van der Waals surface area contributed by atoms with E-state index in [2.05, 4.69) is 18.1 Å². The van der Waals surface area contributed by atoms with E-state index in [1.807, 2.05) is 22.6 Å². The normalized spacial score (nSPS) is 11.7. The monoisotopic (exact) mass is 1140 g/mol. The van der Waals surface area contributed by atoms with E-state index in [0.29, 0.717) is 0 Å². The zero-order valence-corrected chi connectivity index (χ0v) is 38.3. The molecule has 0 radical (unpaired) electrons. The summed E-state index contributed by atoms with van der Waals surface area (Å²) in [5.74, 6) is 0. The Morgan fingerprint density at radius 2 is 0.386 bits per heavy atom. The van der Waals surface area contributed by atoms with Crippen molar-refractivity contribution in [3.63, 3.8) is 0 Å². The van der Waals surface area contributed by atoms with Gasteiger partial charge in [-0.2, -0.15) is 42.1 Å². The molecule has 0 rings (SSSR count). The number of hydrogen-bond acceptors (Lipinski definition) is 30. The van der Waals surface area contributed by atoms with Gasteiger partial charge in [0, 0.05) is 24.6 Å². The minimum Gasteiger partial charge on any atom is -0.725 e. The van der Waals surface area contributed by atoms with Gasteiger partial charge in [0.05, 0.1) is 22.6 Å². The first-order valence-corrected chi connectivity index (χ1v) is 22.2. The van der Waals surface area contributed by atoms with Crippen molar-refractivity contribution in [2.45, 2.75) is 0 Å². The maximum atomic E-state index is 10.0. The molecule has 0 aliphatic heterocycles. The van der Waals surface area contributed by atoms with Gasteiger partial charge >= 0.3 is 129 Å². The Bertz CT molecular complexity index is 2300. The Hall–Kier alpha value is -1.83. The van der Waals surface area contributed by atoms with Crippen LogP contribution in [0, 0.1) is 0 Å². The molecule has 0 aromatic rings. The zero-order chi connectivity index (χ0) is 45.6. The van der Waals surface area contributed by atoms with Gasteiger partial charge in [-0.3, -0.25) is 0 Å². The second-order valence-electron chi connectivity index (χ2n) is 5.38. The summed E-state index contributed by atoms with van der Waals surface area (Å²) in [6.07, 6.45) is 0. The quantitative estimate of drug-likeness (QED) is 0.0367. The number of azide groups is 5. The Labute approximate surface area is 376 Å². The van der Waals surface area contributed by atoms with E-state index >= 15 is 0 Å². The third kappa shape index (κ3) is 63.5. The van der Waals surface area contributed by atoms with Crippen LogP contribution in [-0.4, -0.2) is 107 Å². The first-order valence-electron chi connectivity index (χ1n) is 8.75. The molecule has 0 saturated carbocycles. The first-order chi connectivity index (χ1) is 23.8. The summed E-state index contributed by atoms with van der Waals surface area (Å²) in [6.45, 7) is 0. The SMILES string of the molecule is [K+].[N-]=[N+]=NS(=O)(=O)OS(=O)(=O)[O-].[N-]=[N+]=NS(=O)(=O)OS(=O)(=O)[O-].[N-]=[N+]=NS(=O)(=O)OS(=O)(=O)[O-].[N-]=[N+]=NS(=O)(=O)OS(=O)(=O)[O-].[N-]=[N+]=NS(=O)(=O)OS(=O)(=O)[O-].[Zr+4]. The van der Waals surface area contributed by atoms with E-state index in [1.54, 1.807) is 24.6 Å². The molecule has 0 unspecified atom stereocenters. The van der Waals surface area contributed by atoms with Crippen molar-refractivity contribution in [1.82, 2.24) is 0 Å². The maximum absolute atomic E-state index is 10.0. The summed E-state index contributed by atoms with van der Waals surface area (Å²) in [4.78, 5) is 8.50. The third-order valence-corrected chi connectivity index (χ3v) is 9.67. The molecule has 0 saturated heterocycles. The molecular weight excluding hydrogens is 1140 g/mol. The number of nitrogens with zero attached hydrogens (tertiary/aromatic N) is 15. The van der Waals surface area contributed by atoms with Crippen LogP contribution in [0.2, 0.25) is 0 Å². The van der Waals surface area contributed by atoms with Gasteiger partial charge in [0.15, 0.2) is 0 Å². The van der Waals surface area contributed by atoms with Crippen molar-refractivity contribution >= 4 is 104 Å². The Morgan fingerprint density at radius 1 is 0.298 bits per heavy atom. The topological polar surface area (TPSA) is 747 Å². The van der Waals surface area contributed by atoms with Crippen molar-refractivity contribution in [2.75, 3.05) is 0 Å². The average Bonchev–Trinajstić information content (AvgIpc) is 2.77. The summed E-state index contributed by atoms with van der Waals surface area (Å²) in [7, 11) is -51.9. The van der Waals surface area contributed by atoms with Crippen molar-refractivity contribution in [2.24, 2.45) is 22.6 Å². The van der Waals surface area contributed by atoms with Gasteiger partial charge in [0.1, 0.15) is 0 Å². The predicted octanol–water partition coefficient (Wildman–Crippen LogP) is -7.91. The van der Waals surface area contributed by atoms with Crippen LogP contribution in [-0.2, 0) is 148 Å². The molecule has 0 heterocycles. The minimum absolute atomic E-state index is 0. The van der Waals surface area contributed by atoms with Crippen LogP contribution in [0.4, 0.5) is 0 Å². The molecule has 45 nitrogen and oxygen atoms in total. The van der Waals surface area contributed by atoms with Crippen LogP contribution < -0.4 is 51.4 Å². The van der Waals surface area contributed by atoms with Gasteiger partial charge in [0.2, 0.25) is 52.0 Å². The van der Waals surface area contributed by atoms with Crippen LogP contribution in [0.25, 0.3) is 52.2 Å². The van der Waals surface area contributed by atoms with Gasteiger partial charge < -0.3 is 22.8 Å². The number of hydrogen-bond donors (Lipinski definition) is 0.